The zero-order valence-electron chi connectivity index (χ0n) is 10.9. The minimum absolute atomic E-state index is 0.787. The van der Waals surface area contributed by atoms with Crippen molar-refractivity contribution < 1.29 is 4.74 Å². The van der Waals surface area contributed by atoms with E-state index < -0.39 is 0 Å². The van der Waals surface area contributed by atoms with Gasteiger partial charge in [-0.1, -0.05) is 30.3 Å². The van der Waals surface area contributed by atoms with Crippen LogP contribution in [0, 0.1) is 0 Å². The first-order chi connectivity index (χ1) is 9.33. The van der Waals surface area contributed by atoms with Crippen LogP contribution < -0.4 is 10.6 Å². The lowest BCUT2D eigenvalue weighted by Crippen LogP contribution is -2.36. The molecule has 2 aromatic carbocycles. The second-order valence-electron chi connectivity index (χ2n) is 4.78. The SMILES string of the molecule is Nc1cc(-c2ccccc2)cc(N2CCOCC2)c1. The normalized spacial score (nSPS) is 15.5. The van der Waals surface area contributed by atoms with Gasteiger partial charge in [0.25, 0.3) is 0 Å². The van der Waals surface area contributed by atoms with Crippen molar-refractivity contribution in [3.8, 4) is 11.1 Å². The van der Waals surface area contributed by atoms with Crippen molar-refractivity contribution in [2.75, 3.05) is 36.9 Å². The Balaban J connectivity index is 1.96. The first-order valence-electron chi connectivity index (χ1n) is 6.61. The number of nitrogens with zero attached hydrogens (tertiary/aromatic N) is 1. The molecule has 0 saturated carbocycles. The molecule has 0 aromatic heterocycles. The third-order valence-corrected chi connectivity index (χ3v) is 3.42. The lowest BCUT2D eigenvalue weighted by atomic mass is 10.0. The van der Waals surface area contributed by atoms with Gasteiger partial charge >= 0.3 is 0 Å². The molecule has 3 nitrogen and oxygen atoms in total. The zero-order chi connectivity index (χ0) is 13.1. The summed E-state index contributed by atoms with van der Waals surface area (Å²) in [5, 5.41) is 0. The first-order valence-corrected chi connectivity index (χ1v) is 6.61. The fraction of sp³-hybridized carbons (Fsp3) is 0.250. The number of hydrogen-bond donors (Lipinski definition) is 1. The van der Waals surface area contributed by atoms with E-state index in [9.17, 15) is 0 Å². The molecule has 0 bridgehead atoms. The molecule has 1 aliphatic rings. The van der Waals surface area contributed by atoms with E-state index in [1.54, 1.807) is 0 Å². The molecule has 98 valence electrons. The Morgan fingerprint density at radius 1 is 0.895 bits per heavy atom. The van der Waals surface area contributed by atoms with Crippen LogP contribution in [-0.2, 0) is 4.74 Å². The molecule has 2 aromatic rings. The standard InChI is InChI=1S/C16H18N2O/c17-15-10-14(13-4-2-1-3-5-13)11-16(12-15)18-6-8-19-9-7-18/h1-5,10-12H,6-9,17H2. The predicted octanol–water partition coefficient (Wildman–Crippen LogP) is 2.77. The Morgan fingerprint density at radius 3 is 2.37 bits per heavy atom. The third-order valence-electron chi connectivity index (χ3n) is 3.42. The van der Waals surface area contributed by atoms with Gasteiger partial charge in [0.15, 0.2) is 0 Å². The molecular formula is C16H18N2O. The minimum atomic E-state index is 0.787. The Morgan fingerprint density at radius 2 is 1.63 bits per heavy atom. The summed E-state index contributed by atoms with van der Waals surface area (Å²) in [6.07, 6.45) is 0. The first kappa shape index (κ1) is 12.1. The van der Waals surface area contributed by atoms with E-state index in [2.05, 4.69) is 23.1 Å². The van der Waals surface area contributed by atoms with E-state index in [1.165, 1.54) is 16.8 Å². The molecule has 0 atom stereocenters. The second-order valence-corrected chi connectivity index (χ2v) is 4.78. The maximum atomic E-state index is 6.05. The average Bonchev–Trinajstić information content (AvgIpc) is 2.48. The van der Waals surface area contributed by atoms with Crippen LogP contribution in [0.25, 0.3) is 11.1 Å². The van der Waals surface area contributed by atoms with Crippen LogP contribution in [0.5, 0.6) is 0 Å². The van der Waals surface area contributed by atoms with Gasteiger partial charge in [-0.05, 0) is 29.3 Å². The molecule has 1 aliphatic heterocycles. The molecule has 3 heteroatoms. The van der Waals surface area contributed by atoms with E-state index in [0.29, 0.717) is 0 Å². The highest BCUT2D eigenvalue weighted by atomic mass is 16.5. The summed E-state index contributed by atoms with van der Waals surface area (Å²) in [5.74, 6) is 0. The van der Waals surface area contributed by atoms with Crippen molar-refractivity contribution in [2.24, 2.45) is 0 Å². The number of anilines is 2. The summed E-state index contributed by atoms with van der Waals surface area (Å²) in [4.78, 5) is 2.33. The molecular weight excluding hydrogens is 236 g/mol. The van der Waals surface area contributed by atoms with Crippen molar-refractivity contribution in [3.63, 3.8) is 0 Å². The number of benzene rings is 2. The van der Waals surface area contributed by atoms with E-state index >= 15 is 0 Å². The summed E-state index contributed by atoms with van der Waals surface area (Å²) in [6, 6.07) is 16.6. The highest BCUT2D eigenvalue weighted by Gasteiger charge is 2.12. The van der Waals surface area contributed by atoms with Crippen molar-refractivity contribution in [2.45, 2.75) is 0 Å². The summed E-state index contributed by atoms with van der Waals surface area (Å²) in [5.41, 5.74) is 10.4. The van der Waals surface area contributed by atoms with Gasteiger partial charge in [-0.25, -0.2) is 0 Å². The van der Waals surface area contributed by atoms with Gasteiger partial charge in [0, 0.05) is 24.5 Å². The number of nitrogen functional groups attached to an aromatic ring is 1. The highest BCUT2D eigenvalue weighted by Crippen LogP contribution is 2.28. The molecule has 0 unspecified atom stereocenters. The van der Waals surface area contributed by atoms with Crippen LogP contribution in [0.1, 0.15) is 0 Å². The zero-order valence-corrected chi connectivity index (χ0v) is 10.9. The summed E-state index contributed by atoms with van der Waals surface area (Å²) in [7, 11) is 0. The van der Waals surface area contributed by atoms with Gasteiger partial charge in [0.2, 0.25) is 0 Å². The van der Waals surface area contributed by atoms with Gasteiger partial charge < -0.3 is 15.4 Å². The molecule has 19 heavy (non-hydrogen) atoms. The van der Waals surface area contributed by atoms with E-state index in [1.807, 2.05) is 30.3 Å². The number of hydrogen-bond acceptors (Lipinski definition) is 3. The van der Waals surface area contributed by atoms with Gasteiger partial charge in [-0.2, -0.15) is 0 Å². The van der Waals surface area contributed by atoms with Crippen LogP contribution in [0.4, 0.5) is 11.4 Å². The molecule has 2 N–H and O–H groups in total. The highest BCUT2D eigenvalue weighted by molar-refractivity contribution is 5.73. The number of rotatable bonds is 2. The van der Waals surface area contributed by atoms with E-state index in [0.717, 1.165) is 32.0 Å². The summed E-state index contributed by atoms with van der Waals surface area (Å²) in [6.45, 7) is 3.43. The van der Waals surface area contributed by atoms with Crippen molar-refractivity contribution in [3.05, 3.63) is 48.5 Å². The molecule has 0 aliphatic carbocycles. The van der Waals surface area contributed by atoms with Crippen LogP contribution in [0.3, 0.4) is 0 Å². The second kappa shape index (κ2) is 5.33. The molecule has 0 radical (unpaired) electrons. The Bertz CT molecular complexity index is 548. The van der Waals surface area contributed by atoms with E-state index in [4.69, 9.17) is 10.5 Å². The summed E-state index contributed by atoms with van der Waals surface area (Å²) < 4.78 is 5.39. The lowest BCUT2D eigenvalue weighted by molar-refractivity contribution is 0.122. The van der Waals surface area contributed by atoms with E-state index in [-0.39, 0.29) is 0 Å². The predicted molar refractivity (Wildman–Crippen MR) is 79.3 cm³/mol. The van der Waals surface area contributed by atoms with Crippen LogP contribution >= 0.6 is 0 Å². The molecule has 0 spiro atoms. The quantitative estimate of drug-likeness (QED) is 0.837. The number of ether oxygens (including phenoxy) is 1. The average molecular weight is 254 g/mol. The maximum Gasteiger partial charge on any atom is 0.0642 e. The Kier molecular flexibility index (Phi) is 3.38. The summed E-state index contributed by atoms with van der Waals surface area (Å²) >= 11 is 0. The fourth-order valence-corrected chi connectivity index (χ4v) is 2.44. The van der Waals surface area contributed by atoms with Gasteiger partial charge in [-0.3, -0.25) is 0 Å². The fourth-order valence-electron chi connectivity index (χ4n) is 2.44. The molecule has 1 saturated heterocycles. The van der Waals surface area contributed by atoms with Gasteiger partial charge in [0.05, 0.1) is 13.2 Å². The van der Waals surface area contributed by atoms with Crippen molar-refractivity contribution in [1.82, 2.24) is 0 Å². The molecule has 0 amide bonds. The minimum Gasteiger partial charge on any atom is -0.399 e. The maximum absolute atomic E-state index is 6.05. The third kappa shape index (κ3) is 2.71. The number of nitrogens with two attached hydrogens (primary N) is 1. The van der Waals surface area contributed by atoms with Crippen LogP contribution in [0.15, 0.2) is 48.5 Å². The topological polar surface area (TPSA) is 38.5 Å². The van der Waals surface area contributed by atoms with Crippen LogP contribution in [-0.4, -0.2) is 26.3 Å². The van der Waals surface area contributed by atoms with Crippen molar-refractivity contribution in [1.29, 1.82) is 0 Å². The van der Waals surface area contributed by atoms with Crippen molar-refractivity contribution >= 4 is 11.4 Å². The van der Waals surface area contributed by atoms with Gasteiger partial charge in [-0.15, -0.1) is 0 Å². The number of morpholine rings is 1. The smallest absolute Gasteiger partial charge is 0.0642 e. The monoisotopic (exact) mass is 254 g/mol. The largest absolute Gasteiger partial charge is 0.399 e. The molecule has 1 fully saturated rings. The Hall–Kier alpha value is -2.00. The van der Waals surface area contributed by atoms with Crippen LogP contribution in [0.2, 0.25) is 0 Å². The Labute approximate surface area is 113 Å². The molecule has 3 rings (SSSR count). The molecule has 1 heterocycles. The lowest BCUT2D eigenvalue weighted by Gasteiger charge is -2.29. The van der Waals surface area contributed by atoms with Gasteiger partial charge in [0.1, 0.15) is 0 Å².